The summed E-state index contributed by atoms with van der Waals surface area (Å²) in [6, 6.07) is 0. The maximum atomic E-state index is 12.9. The Balaban J connectivity index is 2.94. The standard InChI is InChI=1S/C9H12FN3O4S/c1-2-3-4-5-18(16,17)12-13-6-7(10)8(14)11-9(13)15/h2-3,6,12H,4-5H2,1H3,(H,11,14,15). The average Bonchev–Trinajstić information content (AvgIpc) is 2.26. The molecule has 1 heterocycles. The van der Waals surface area contributed by atoms with E-state index < -0.39 is 27.1 Å². The van der Waals surface area contributed by atoms with E-state index in [0.29, 0.717) is 10.9 Å². The summed E-state index contributed by atoms with van der Waals surface area (Å²) in [5, 5.41) is 0. The van der Waals surface area contributed by atoms with Crippen LogP contribution in [0.15, 0.2) is 27.9 Å². The van der Waals surface area contributed by atoms with Crippen LogP contribution in [0.1, 0.15) is 13.3 Å². The number of halogens is 1. The molecule has 0 aliphatic heterocycles. The van der Waals surface area contributed by atoms with Gasteiger partial charge in [-0.3, -0.25) is 9.78 Å². The summed E-state index contributed by atoms with van der Waals surface area (Å²) < 4.78 is 36.3. The number of aromatic amines is 1. The highest BCUT2D eigenvalue weighted by Gasteiger charge is 2.11. The van der Waals surface area contributed by atoms with Crippen LogP contribution in [0.5, 0.6) is 0 Å². The van der Waals surface area contributed by atoms with Crippen molar-refractivity contribution in [2.24, 2.45) is 0 Å². The molecular formula is C9H12FN3O4S. The fourth-order valence-corrected chi connectivity index (χ4v) is 2.07. The Kier molecular flexibility index (Phi) is 4.43. The van der Waals surface area contributed by atoms with Crippen LogP contribution in [0.2, 0.25) is 0 Å². The molecule has 100 valence electrons. The molecule has 0 aromatic carbocycles. The summed E-state index contributed by atoms with van der Waals surface area (Å²) in [5.74, 6) is -1.52. The van der Waals surface area contributed by atoms with E-state index in [1.54, 1.807) is 24.1 Å². The van der Waals surface area contributed by atoms with Crippen LogP contribution in [0, 0.1) is 5.82 Å². The van der Waals surface area contributed by atoms with Crippen molar-refractivity contribution in [1.82, 2.24) is 9.66 Å². The quantitative estimate of drug-likeness (QED) is 0.709. The van der Waals surface area contributed by atoms with Crippen molar-refractivity contribution in [3.05, 3.63) is 45.0 Å². The molecule has 0 aliphatic carbocycles. The van der Waals surface area contributed by atoms with E-state index in [1.165, 1.54) is 0 Å². The number of H-pyrrole nitrogens is 1. The molecular weight excluding hydrogens is 265 g/mol. The van der Waals surface area contributed by atoms with Gasteiger partial charge in [-0.25, -0.2) is 18.0 Å². The molecule has 1 aromatic rings. The van der Waals surface area contributed by atoms with Crippen LogP contribution < -0.4 is 16.1 Å². The highest BCUT2D eigenvalue weighted by Crippen LogP contribution is 1.93. The molecule has 0 radical (unpaired) electrons. The van der Waals surface area contributed by atoms with Crippen molar-refractivity contribution < 1.29 is 12.8 Å². The number of aromatic nitrogens is 2. The van der Waals surface area contributed by atoms with Gasteiger partial charge in [-0.05, 0) is 13.3 Å². The molecule has 1 rings (SSSR count). The van der Waals surface area contributed by atoms with Crippen LogP contribution in [-0.2, 0) is 10.0 Å². The fourth-order valence-electron chi connectivity index (χ4n) is 1.10. The first-order valence-corrected chi connectivity index (χ1v) is 6.64. The van der Waals surface area contributed by atoms with Crippen molar-refractivity contribution in [1.29, 1.82) is 0 Å². The van der Waals surface area contributed by atoms with E-state index in [9.17, 15) is 22.4 Å². The molecule has 0 aliphatic rings. The van der Waals surface area contributed by atoms with Crippen molar-refractivity contribution in [3.8, 4) is 0 Å². The van der Waals surface area contributed by atoms with Gasteiger partial charge >= 0.3 is 5.69 Å². The number of hydrogen-bond acceptors (Lipinski definition) is 4. The van der Waals surface area contributed by atoms with Gasteiger partial charge in [0, 0.05) is 0 Å². The third-order valence-electron chi connectivity index (χ3n) is 1.93. The lowest BCUT2D eigenvalue weighted by Gasteiger charge is -2.08. The maximum absolute atomic E-state index is 12.9. The van der Waals surface area contributed by atoms with Gasteiger partial charge < -0.3 is 0 Å². The van der Waals surface area contributed by atoms with Crippen LogP contribution >= 0.6 is 0 Å². The topological polar surface area (TPSA) is 101 Å². The zero-order chi connectivity index (χ0) is 13.8. The van der Waals surface area contributed by atoms with Gasteiger partial charge in [-0.1, -0.05) is 12.2 Å². The lowest BCUT2D eigenvalue weighted by atomic mass is 10.4. The Hall–Kier alpha value is -1.90. The molecule has 0 saturated carbocycles. The lowest BCUT2D eigenvalue weighted by molar-refractivity contribution is 0.573. The zero-order valence-electron chi connectivity index (χ0n) is 9.51. The number of rotatable bonds is 5. The summed E-state index contributed by atoms with van der Waals surface area (Å²) in [6.07, 6.45) is 4.05. The van der Waals surface area contributed by atoms with Crippen molar-refractivity contribution in [2.45, 2.75) is 13.3 Å². The second kappa shape index (κ2) is 5.63. The van der Waals surface area contributed by atoms with Crippen molar-refractivity contribution in [2.75, 3.05) is 10.6 Å². The van der Waals surface area contributed by atoms with E-state index in [0.717, 1.165) is 0 Å². The normalized spacial score (nSPS) is 11.9. The van der Waals surface area contributed by atoms with Crippen molar-refractivity contribution >= 4 is 10.0 Å². The van der Waals surface area contributed by atoms with Gasteiger partial charge in [0.25, 0.3) is 5.56 Å². The fraction of sp³-hybridized carbons (Fsp3) is 0.333. The van der Waals surface area contributed by atoms with Crippen LogP contribution in [0.3, 0.4) is 0 Å². The largest absolute Gasteiger partial charge is 0.347 e. The van der Waals surface area contributed by atoms with E-state index in [4.69, 9.17) is 0 Å². The molecule has 1 aromatic heterocycles. The predicted octanol–water partition coefficient (Wildman–Crippen LogP) is -0.485. The molecule has 0 atom stereocenters. The molecule has 0 saturated heterocycles. The molecule has 0 fully saturated rings. The van der Waals surface area contributed by atoms with E-state index >= 15 is 0 Å². The zero-order valence-corrected chi connectivity index (χ0v) is 10.3. The third kappa shape index (κ3) is 3.84. The Morgan fingerprint density at radius 1 is 1.50 bits per heavy atom. The summed E-state index contributed by atoms with van der Waals surface area (Å²) in [6.45, 7) is 1.74. The predicted molar refractivity (Wildman–Crippen MR) is 63.9 cm³/mol. The molecule has 18 heavy (non-hydrogen) atoms. The number of allylic oxidation sites excluding steroid dienone is 2. The van der Waals surface area contributed by atoms with Gasteiger partial charge in [0.2, 0.25) is 15.8 Å². The minimum Gasteiger partial charge on any atom is -0.270 e. The van der Waals surface area contributed by atoms with Crippen LogP contribution in [-0.4, -0.2) is 23.8 Å². The lowest BCUT2D eigenvalue weighted by Crippen LogP contribution is -2.39. The van der Waals surface area contributed by atoms with E-state index in [2.05, 4.69) is 0 Å². The SMILES string of the molecule is CC=CCCS(=O)(=O)Nn1cc(F)c(=O)[nH]c1=O. The Morgan fingerprint density at radius 2 is 2.17 bits per heavy atom. The Morgan fingerprint density at radius 3 is 2.78 bits per heavy atom. The first-order chi connectivity index (χ1) is 8.35. The minimum absolute atomic E-state index is 0.256. The highest BCUT2D eigenvalue weighted by atomic mass is 32.2. The Labute approximate surface area is 102 Å². The van der Waals surface area contributed by atoms with Gasteiger partial charge in [-0.15, -0.1) is 0 Å². The smallest absolute Gasteiger partial charge is 0.270 e. The summed E-state index contributed by atoms with van der Waals surface area (Å²) in [4.78, 5) is 25.4. The van der Waals surface area contributed by atoms with Gasteiger partial charge in [0.1, 0.15) is 0 Å². The second-order valence-corrected chi connectivity index (χ2v) is 5.19. The molecule has 0 unspecified atom stereocenters. The maximum Gasteiger partial charge on any atom is 0.347 e. The van der Waals surface area contributed by atoms with Crippen LogP contribution in [0.4, 0.5) is 4.39 Å². The second-order valence-electron chi connectivity index (χ2n) is 3.37. The first-order valence-electron chi connectivity index (χ1n) is 4.99. The minimum atomic E-state index is -3.79. The van der Waals surface area contributed by atoms with Gasteiger partial charge in [0.05, 0.1) is 11.9 Å². The molecule has 2 N–H and O–H groups in total. The molecule has 0 amide bonds. The summed E-state index contributed by atoms with van der Waals surface area (Å²) >= 11 is 0. The molecule has 0 bridgehead atoms. The number of sulfonamides is 1. The third-order valence-corrected chi connectivity index (χ3v) is 3.17. The van der Waals surface area contributed by atoms with Crippen LogP contribution in [0.25, 0.3) is 0 Å². The highest BCUT2D eigenvalue weighted by molar-refractivity contribution is 7.92. The molecule has 9 heteroatoms. The Bertz CT molecular complexity index is 659. The summed E-state index contributed by atoms with van der Waals surface area (Å²) in [5.41, 5.74) is -2.26. The molecule has 7 nitrogen and oxygen atoms in total. The number of nitrogens with zero attached hydrogens (tertiary/aromatic N) is 1. The number of nitrogens with one attached hydrogen (secondary N) is 2. The molecule has 0 spiro atoms. The average molecular weight is 277 g/mol. The van der Waals surface area contributed by atoms with E-state index in [1.807, 2.05) is 4.83 Å². The van der Waals surface area contributed by atoms with Gasteiger partial charge in [-0.2, -0.15) is 9.07 Å². The van der Waals surface area contributed by atoms with Gasteiger partial charge in [0.15, 0.2) is 0 Å². The van der Waals surface area contributed by atoms with Crippen molar-refractivity contribution in [3.63, 3.8) is 0 Å². The monoisotopic (exact) mass is 277 g/mol. The number of hydrogen-bond donors (Lipinski definition) is 2. The summed E-state index contributed by atoms with van der Waals surface area (Å²) in [7, 11) is -3.79. The van der Waals surface area contributed by atoms with E-state index in [-0.39, 0.29) is 12.2 Å². The first kappa shape index (κ1) is 14.2.